The van der Waals surface area contributed by atoms with Gasteiger partial charge in [-0.3, -0.25) is 4.57 Å². The highest BCUT2D eigenvalue weighted by Gasteiger charge is 2.44. The molecule has 10 heteroatoms. The number of aliphatic hydroxyl groups excluding tert-OH is 2. The Bertz CT molecular complexity index is 735. The second-order valence-electron chi connectivity index (χ2n) is 5.83. The number of anilines is 1. The number of aromatic nitrogens is 4. The van der Waals surface area contributed by atoms with Crippen LogP contribution in [0.25, 0.3) is 11.2 Å². The van der Waals surface area contributed by atoms with E-state index in [9.17, 15) is 10.2 Å². The van der Waals surface area contributed by atoms with Crippen LogP contribution in [0.3, 0.4) is 0 Å². The van der Waals surface area contributed by atoms with Crippen molar-refractivity contribution < 1.29 is 14.9 Å². The third-order valence-electron chi connectivity index (χ3n) is 4.13. The summed E-state index contributed by atoms with van der Waals surface area (Å²) in [6.45, 7) is 1.65. The van der Waals surface area contributed by atoms with Crippen molar-refractivity contribution in [3.63, 3.8) is 0 Å². The molecule has 0 aliphatic carbocycles. The van der Waals surface area contributed by atoms with E-state index in [1.807, 2.05) is 12.2 Å². The Morgan fingerprint density at radius 2 is 2.08 bits per heavy atom. The third-order valence-corrected chi connectivity index (χ3v) is 4.13. The Morgan fingerprint density at radius 1 is 1.24 bits per heavy atom. The van der Waals surface area contributed by atoms with Gasteiger partial charge in [0.15, 0.2) is 17.7 Å². The number of aliphatic hydroxyl groups is 2. The van der Waals surface area contributed by atoms with Gasteiger partial charge in [0.1, 0.15) is 30.2 Å². The zero-order valence-corrected chi connectivity index (χ0v) is 13.7. The fraction of sp³-hybridized carbons (Fsp3) is 0.533. The molecule has 1 fully saturated rings. The van der Waals surface area contributed by atoms with Crippen molar-refractivity contribution in [2.45, 2.75) is 31.0 Å². The zero-order valence-electron chi connectivity index (χ0n) is 13.7. The van der Waals surface area contributed by atoms with Gasteiger partial charge in [-0.05, 0) is 13.0 Å². The molecule has 1 aliphatic heterocycles. The highest BCUT2D eigenvalue weighted by molar-refractivity contribution is 5.81. The molecule has 25 heavy (non-hydrogen) atoms. The van der Waals surface area contributed by atoms with Crippen LogP contribution >= 0.6 is 0 Å². The molecule has 2 aromatic heterocycles. The summed E-state index contributed by atoms with van der Waals surface area (Å²) in [5.74, 6) is 0.250. The van der Waals surface area contributed by atoms with Crippen molar-refractivity contribution in [2.75, 3.05) is 25.4 Å². The van der Waals surface area contributed by atoms with Crippen LogP contribution < -0.4 is 16.8 Å². The maximum absolute atomic E-state index is 10.4. The molecule has 4 atom stereocenters. The molecular weight excluding hydrogens is 326 g/mol. The van der Waals surface area contributed by atoms with Gasteiger partial charge in [-0.15, -0.1) is 0 Å². The van der Waals surface area contributed by atoms with E-state index in [0.29, 0.717) is 24.3 Å². The average Bonchev–Trinajstić information content (AvgIpc) is 3.15. The van der Waals surface area contributed by atoms with Gasteiger partial charge in [0.05, 0.1) is 6.33 Å². The number of rotatable bonds is 7. The first kappa shape index (κ1) is 17.7. The quantitative estimate of drug-likeness (QED) is 0.297. The molecule has 0 aromatic carbocycles. The molecule has 0 amide bonds. The largest absolute Gasteiger partial charge is 0.387 e. The lowest BCUT2D eigenvalue weighted by atomic mass is 10.1. The van der Waals surface area contributed by atoms with Crippen LogP contribution in [0.4, 0.5) is 5.82 Å². The molecular formula is C15H23N7O3. The van der Waals surface area contributed by atoms with Crippen LogP contribution in [-0.2, 0) is 4.74 Å². The first-order valence-electron chi connectivity index (χ1n) is 8.14. The third kappa shape index (κ3) is 3.62. The van der Waals surface area contributed by atoms with E-state index in [2.05, 4.69) is 20.3 Å². The molecule has 10 nitrogen and oxygen atoms in total. The van der Waals surface area contributed by atoms with Crippen molar-refractivity contribution in [3.8, 4) is 0 Å². The molecule has 3 heterocycles. The monoisotopic (exact) mass is 349 g/mol. The van der Waals surface area contributed by atoms with Crippen LogP contribution in [0.5, 0.6) is 0 Å². The van der Waals surface area contributed by atoms with Crippen molar-refractivity contribution in [1.82, 2.24) is 24.8 Å². The minimum absolute atomic E-state index is 0.250. The van der Waals surface area contributed by atoms with Crippen molar-refractivity contribution in [3.05, 3.63) is 24.8 Å². The van der Waals surface area contributed by atoms with Crippen LogP contribution in [0, 0.1) is 0 Å². The van der Waals surface area contributed by atoms with Gasteiger partial charge in [0, 0.05) is 13.1 Å². The Hall–Kier alpha value is -2.11. The summed E-state index contributed by atoms with van der Waals surface area (Å²) < 4.78 is 7.39. The summed E-state index contributed by atoms with van der Waals surface area (Å²) in [5.41, 5.74) is 12.0. The van der Waals surface area contributed by atoms with E-state index in [1.165, 1.54) is 12.7 Å². The van der Waals surface area contributed by atoms with Crippen LogP contribution in [0.2, 0.25) is 0 Å². The molecule has 0 radical (unpaired) electrons. The van der Waals surface area contributed by atoms with Gasteiger partial charge >= 0.3 is 0 Å². The predicted molar refractivity (Wildman–Crippen MR) is 91.3 cm³/mol. The average molecular weight is 349 g/mol. The van der Waals surface area contributed by atoms with Crippen molar-refractivity contribution in [1.29, 1.82) is 0 Å². The lowest BCUT2D eigenvalue weighted by Crippen LogP contribution is -2.37. The maximum Gasteiger partial charge on any atom is 0.167 e. The number of hydrogen-bond donors (Lipinski definition) is 5. The molecule has 136 valence electrons. The maximum atomic E-state index is 10.4. The van der Waals surface area contributed by atoms with Gasteiger partial charge in [0.25, 0.3) is 0 Å². The minimum Gasteiger partial charge on any atom is -0.387 e. The molecule has 0 bridgehead atoms. The van der Waals surface area contributed by atoms with Crippen molar-refractivity contribution >= 4 is 17.0 Å². The second-order valence-corrected chi connectivity index (χ2v) is 5.83. The van der Waals surface area contributed by atoms with E-state index in [0.717, 1.165) is 13.0 Å². The number of nitrogen functional groups attached to an aromatic ring is 1. The van der Waals surface area contributed by atoms with E-state index in [-0.39, 0.29) is 5.82 Å². The number of ether oxygens (including phenoxy) is 1. The minimum atomic E-state index is -1.10. The Kier molecular flexibility index (Phi) is 5.56. The molecule has 2 aromatic rings. The van der Waals surface area contributed by atoms with Gasteiger partial charge in [0.2, 0.25) is 0 Å². The van der Waals surface area contributed by atoms with Crippen LogP contribution in [0.15, 0.2) is 24.8 Å². The van der Waals surface area contributed by atoms with Crippen LogP contribution in [-0.4, -0.2) is 67.7 Å². The molecule has 3 rings (SSSR count). The lowest BCUT2D eigenvalue weighted by molar-refractivity contribution is -0.0341. The molecule has 0 unspecified atom stereocenters. The topological polar surface area (TPSA) is 157 Å². The molecule has 0 spiro atoms. The van der Waals surface area contributed by atoms with Crippen molar-refractivity contribution in [2.24, 2.45) is 5.73 Å². The number of nitrogens with zero attached hydrogens (tertiary/aromatic N) is 4. The SMILES string of the molecule is NC/C=C/CCNC[C@H]1O[C@@H](n2cnc3c(N)ncnc32)[C@H](O)[C@@H]1O. The van der Waals surface area contributed by atoms with Gasteiger partial charge in [-0.2, -0.15) is 0 Å². The van der Waals surface area contributed by atoms with Crippen LogP contribution in [0.1, 0.15) is 12.6 Å². The summed E-state index contributed by atoms with van der Waals surface area (Å²) in [6, 6.07) is 0. The fourth-order valence-electron chi connectivity index (χ4n) is 2.83. The summed E-state index contributed by atoms with van der Waals surface area (Å²) in [4.78, 5) is 12.2. The molecule has 1 aliphatic rings. The van der Waals surface area contributed by atoms with Gasteiger partial charge < -0.3 is 31.7 Å². The summed E-state index contributed by atoms with van der Waals surface area (Å²) in [7, 11) is 0. The summed E-state index contributed by atoms with van der Waals surface area (Å²) in [6.07, 6.45) is 4.04. The molecule has 1 saturated heterocycles. The normalized spacial score (nSPS) is 26.8. The second kappa shape index (κ2) is 7.85. The van der Waals surface area contributed by atoms with Gasteiger partial charge in [-0.1, -0.05) is 12.2 Å². The first-order valence-corrected chi connectivity index (χ1v) is 8.14. The molecule has 0 saturated carbocycles. The fourth-order valence-corrected chi connectivity index (χ4v) is 2.83. The lowest BCUT2D eigenvalue weighted by Gasteiger charge is -2.16. The Labute approximate surface area is 144 Å². The first-order chi connectivity index (χ1) is 12.1. The standard InChI is InChI=1S/C15H23N7O3/c16-4-2-1-3-5-18-6-9-11(23)12(24)15(25-9)22-8-21-10-13(17)19-7-20-14(10)22/h1-2,7-9,11-12,15,18,23-24H,3-6,16H2,(H2,17,19,20)/b2-1+/t9-,11-,12-,15-/m1/s1. The zero-order chi connectivity index (χ0) is 17.8. The Balaban J connectivity index is 1.65. The van der Waals surface area contributed by atoms with Gasteiger partial charge in [-0.25, -0.2) is 15.0 Å². The highest BCUT2D eigenvalue weighted by atomic mass is 16.6. The highest BCUT2D eigenvalue weighted by Crippen LogP contribution is 2.31. The number of imidazole rings is 1. The Morgan fingerprint density at radius 3 is 2.88 bits per heavy atom. The number of nitrogens with two attached hydrogens (primary N) is 2. The number of fused-ring (bicyclic) bond motifs is 1. The number of nitrogens with one attached hydrogen (secondary N) is 1. The summed E-state index contributed by atoms with van der Waals surface area (Å²) in [5, 5.41) is 23.8. The predicted octanol–water partition coefficient (Wildman–Crippen LogP) is -1.48. The van der Waals surface area contributed by atoms with E-state index >= 15 is 0 Å². The summed E-state index contributed by atoms with van der Waals surface area (Å²) >= 11 is 0. The smallest absolute Gasteiger partial charge is 0.167 e. The van der Waals surface area contributed by atoms with E-state index in [4.69, 9.17) is 16.2 Å². The van der Waals surface area contributed by atoms with E-state index < -0.39 is 24.5 Å². The van der Waals surface area contributed by atoms with E-state index in [1.54, 1.807) is 4.57 Å². The number of hydrogen-bond acceptors (Lipinski definition) is 9. The molecule has 7 N–H and O–H groups in total.